The molecule has 2 heterocycles. The van der Waals surface area contributed by atoms with Gasteiger partial charge >= 0.3 is 0 Å². The third-order valence-corrected chi connectivity index (χ3v) is 3.47. The number of hydrogen-bond acceptors (Lipinski definition) is 6. The van der Waals surface area contributed by atoms with E-state index in [4.69, 9.17) is 16.1 Å². The highest BCUT2D eigenvalue weighted by Crippen LogP contribution is 2.23. The van der Waals surface area contributed by atoms with Crippen LogP contribution in [0, 0.1) is 13.8 Å². The molecule has 0 bridgehead atoms. The second-order valence-electron chi connectivity index (χ2n) is 5.15. The lowest BCUT2D eigenvalue weighted by Crippen LogP contribution is -2.14. The molecule has 0 unspecified atom stereocenters. The van der Waals surface area contributed by atoms with Crippen LogP contribution in [0.5, 0.6) is 0 Å². The van der Waals surface area contributed by atoms with Gasteiger partial charge in [0.1, 0.15) is 23.6 Å². The Kier molecular flexibility index (Phi) is 4.43. The minimum atomic E-state index is -0.406. The first-order chi connectivity index (χ1) is 11.5. The molecule has 0 radical (unpaired) electrons. The lowest BCUT2D eigenvalue weighted by molar-refractivity contribution is 0.102. The lowest BCUT2D eigenvalue weighted by atomic mass is 10.2. The zero-order chi connectivity index (χ0) is 17.1. The third-order valence-electron chi connectivity index (χ3n) is 3.23. The molecule has 0 saturated heterocycles. The van der Waals surface area contributed by atoms with E-state index in [1.165, 1.54) is 6.33 Å². The van der Waals surface area contributed by atoms with Gasteiger partial charge in [-0.15, -0.1) is 0 Å². The van der Waals surface area contributed by atoms with Crippen molar-refractivity contribution in [2.45, 2.75) is 13.8 Å². The Morgan fingerprint density at radius 2 is 1.96 bits per heavy atom. The molecule has 0 aliphatic heterocycles. The molecular formula is C16H14ClN5O2. The van der Waals surface area contributed by atoms with Crippen LogP contribution in [0.2, 0.25) is 5.02 Å². The maximum absolute atomic E-state index is 12.2. The minimum absolute atomic E-state index is 0.202. The van der Waals surface area contributed by atoms with E-state index in [9.17, 15) is 4.79 Å². The van der Waals surface area contributed by atoms with E-state index in [0.717, 1.165) is 11.3 Å². The van der Waals surface area contributed by atoms with Crippen LogP contribution < -0.4 is 10.6 Å². The number of aromatic nitrogens is 3. The van der Waals surface area contributed by atoms with E-state index >= 15 is 0 Å². The smallest absolute Gasteiger partial charge is 0.275 e. The summed E-state index contributed by atoms with van der Waals surface area (Å²) in [6.07, 6.45) is 1.31. The Labute approximate surface area is 143 Å². The summed E-state index contributed by atoms with van der Waals surface area (Å²) < 4.78 is 4.91. The topological polar surface area (TPSA) is 92.9 Å². The maximum Gasteiger partial charge on any atom is 0.275 e. The highest BCUT2D eigenvalue weighted by molar-refractivity contribution is 6.30. The lowest BCUT2D eigenvalue weighted by Gasteiger charge is -2.09. The SMILES string of the molecule is Cc1cc(NC(=O)c2cc(Nc3cc(Cl)ccc3C)ncn2)no1. The van der Waals surface area contributed by atoms with E-state index in [2.05, 4.69) is 25.8 Å². The summed E-state index contributed by atoms with van der Waals surface area (Å²) >= 11 is 6.00. The zero-order valence-corrected chi connectivity index (χ0v) is 13.8. The van der Waals surface area contributed by atoms with Crippen molar-refractivity contribution >= 4 is 34.8 Å². The van der Waals surface area contributed by atoms with Crippen molar-refractivity contribution in [3.63, 3.8) is 0 Å². The highest BCUT2D eigenvalue weighted by atomic mass is 35.5. The highest BCUT2D eigenvalue weighted by Gasteiger charge is 2.12. The van der Waals surface area contributed by atoms with Gasteiger partial charge in [0.05, 0.1) is 0 Å². The molecule has 2 N–H and O–H groups in total. The normalized spacial score (nSPS) is 10.5. The minimum Gasteiger partial charge on any atom is -0.360 e. The van der Waals surface area contributed by atoms with Crippen molar-refractivity contribution in [3.05, 3.63) is 58.7 Å². The van der Waals surface area contributed by atoms with Crippen molar-refractivity contribution in [2.75, 3.05) is 10.6 Å². The number of amides is 1. The number of carbonyl (C=O) groups is 1. The van der Waals surface area contributed by atoms with Crippen LogP contribution in [0.25, 0.3) is 0 Å². The summed E-state index contributed by atoms with van der Waals surface area (Å²) in [5, 5.41) is 10.1. The van der Waals surface area contributed by atoms with Crippen LogP contribution in [0.1, 0.15) is 21.8 Å². The van der Waals surface area contributed by atoms with Crippen molar-refractivity contribution in [2.24, 2.45) is 0 Å². The molecule has 24 heavy (non-hydrogen) atoms. The molecule has 0 fully saturated rings. The van der Waals surface area contributed by atoms with Gasteiger partial charge in [-0.2, -0.15) is 0 Å². The molecular weight excluding hydrogens is 330 g/mol. The number of benzene rings is 1. The van der Waals surface area contributed by atoms with Gasteiger partial charge in [-0.05, 0) is 31.5 Å². The predicted octanol–water partition coefficient (Wildman–Crippen LogP) is 3.73. The fourth-order valence-electron chi connectivity index (χ4n) is 2.02. The number of anilines is 3. The number of nitrogens with one attached hydrogen (secondary N) is 2. The van der Waals surface area contributed by atoms with Gasteiger partial charge in [-0.3, -0.25) is 4.79 Å². The molecule has 0 aliphatic carbocycles. The second kappa shape index (κ2) is 6.67. The summed E-state index contributed by atoms with van der Waals surface area (Å²) in [7, 11) is 0. The van der Waals surface area contributed by atoms with Crippen LogP contribution in [0.4, 0.5) is 17.3 Å². The first-order valence-electron chi connectivity index (χ1n) is 7.11. The summed E-state index contributed by atoms with van der Waals surface area (Å²) in [6, 6.07) is 8.65. The summed E-state index contributed by atoms with van der Waals surface area (Å²) in [5.41, 5.74) is 2.01. The van der Waals surface area contributed by atoms with Gasteiger partial charge < -0.3 is 15.2 Å². The fourth-order valence-corrected chi connectivity index (χ4v) is 2.19. The average molecular weight is 344 g/mol. The zero-order valence-electron chi connectivity index (χ0n) is 13.0. The van der Waals surface area contributed by atoms with Crippen LogP contribution >= 0.6 is 11.6 Å². The Morgan fingerprint density at radius 3 is 2.71 bits per heavy atom. The molecule has 3 rings (SSSR count). The number of carbonyl (C=O) groups excluding carboxylic acids is 1. The van der Waals surface area contributed by atoms with E-state index in [1.807, 2.05) is 13.0 Å². The Morgan fingerprint density at radius 1 is 1.12 bits per heavy atom. The third kappa shape index (κ3) is 3.69. The Bertz CT molecular complexity index is 894. The molecule has 7 nitrogen and oxygen atoms in total. The van der Waals surface area contributed by atoms with E-state index in [-0.39, 0.29) is 5.69 Å². The van der Waals surface area contributed by atoms with Crippen LogP contribution in [-0.4, -0.2) is 21.0 Å². The largest absolute Gasteiger partial charge is 0.360 e. The fraction of sp³-hybridized carbons (Fsp3) is 0.125. The molecule has 1 aromatic carbocycles. The van der Waals surface area contributed by atoms with Crippen molar-refractivity contribution in [3.8, 4) is 0 Å². The van der Waals surface area contributed by atoms with E-state index < -0.39 is 5.91 Å². The first-order valence-corrected chi connectivity index (χ1v) is 7.49. The second-order valence-corrected chi connectivity index (χ2v) is 5.59. The molecule has 8 heteroatoms. The van der Waals surface area contributed by atoms with Gasteiger partial charge in [0.15, 0.2) is 5.82 Å². The van der Waals surface area contributed by atoms with Crippen LogP contribution in [0.15, 0.2) is 41.2 Å². The molecule has 3 aromatic rings. The van der Waals surface area contributed by atoms with Crippen molar-refractivity contribution in [1.29, 1.82) is 0 Å². The monoisotopic (exact) mass is 343 g/mol. The van der Waals surface area contributed by atoms with Gasteiger partial charge in [0, 0.05) is 22.8 Å². The summed E-state index contributed by atoms with van der Waals surface area (Å²) in [4.78, 5) is 20.3. The van der Waals surface area contributed by atoms with Crippen molar-refractivity contribution in [1.82, 2.24) is 15.1 Å². The predicted molar refractivity (Wildman–Crippen MR) is 90.7 cm³/mol. The van der Waals surface area contributed by atoms with Crippen molar-refractivity contribution < 1.29 is 9.32 Å². The number of nitrogens with zero attached hydrogens (tertiary/aromatic N) is 3. The molecule has 0 aliphatic rings. The molecule has 0 spiro atoms. The quantitative estimate of drug-likeness (QED) is 0.749. The van der Waals surface area contributed by atoms with Gasteiger partial charge in [0.2, 0.25) is 0 Å². The number of halogens is 1. The van der Waals surface area contributed by atoms with Gasteiger partial charge in [-0.25, -0.2) is 9.97 Å². The molecule has 2 aromatic heterocycles. The van der Waals surface area contributed by atoms with E-state index in [1.54, 1.807) is 31.2 Å². The first kappa shape index (κ1) is 15.9. The van der Waals surface area contributed by atoms with Gasteiger partial charge in [0.25, 0.3) is 5.91 Å². The number of hydrogen-bond donors (Lipinski definition) is 2. The van der Waals surface area contributed by atoms with Gasteiger partial charge in [-0.1, -0.05) is 22.8 Å². The summed E-state index contributed by atoms with van der Waals surface area (Å²) in [5.74, 6) is 1.01. The molecule has 0 atom stereocenters. The molecule has 122 valence electrons. The standard InChI is InChI=1S/C16H14ClN5O2/c1-9-3-4-11(17)6-12(9)20-14-7-13(18-8-19-14)16(23)21-15-5-10(2)24-22-15/h3-8H,1-2H3,(H,18,19,20)(H,21,22,23). The number of aryl methyl sites for hydroxylation is 2. The van der Waals surface area contributed by atoms with E-state index in [0.29, 0.717) is 22.4 Å². The van der Waals surface area contributed by atoms with Crippen LogP contribution in [-0.2, 0) is 0 Å². The number of rotatable bonds is 4. The summed E-state index contributed by atoms with van der Waals surface area (Å²) in [6.45, 7) is 3.68. The molecule has 1 amide bonds. The average Bonchev–Trinajstić information content (AvgIpc) is 2.96. The Balaban J connectivity index is 1.78. The molecule has 0 saturated carbocycles. The maximum atomic E-state index is 12.2. The Hall–Kier alpha value is -2.93. The van der Waals surface area contributed by atoms with Crippen LogP contribution in [0.3, 0.4) is 0 Å².